The van der Waals surface area contributed by atoms with Crippen LogP contribution in [-0.2, 0) is 0 Å². The Morgan fingerprint density at radius 2 is 2.07 bits per heavy atom. The zero-order valence-electron chi connectivity index (χ0n) is 8.39. The van der Waals surface area contributed by atoms with Gasteiger partial charge in [-0.3, -0.25) is 0 Å². The maximum Gasteiger partial charge on any atom is 0.0419 e. The molecule has 0 spiro atoms. The summed E-state index contributed by atoms with van der Waals surface area (Å²) in [6.07, 6.45) is 0. The molecule has 1 heterocycles. The highest BCUT2D eigenvalue weighted by molar-refractivity contribution is 7.13. The van der Waals surface area contributed by atoms with Gasteiger partial charge >= 0.3 is 0 Å². The summed E-state index contributed by atoms with van der Waals surface area (Å²) in [5, 5.41) is 2.07. The average Bonchev–Trinajstić information content (AvgIpc) is 2.82. The Bertz CT molecular complexity index is 423. The van der Waals surface area contributed by atoms with Crippen LogP contribution < -0.4 is 11.5 Å². The van der Waals surface area contributed by atoms with E-state index in [0.29, 0.717) is 6.54 Å². The monoisotopic (exact) mass is 218 g/mol. The molecule has 2 rings (SSSR count). The first-order valence-electron chi connectivity index (χ1n) is 4.91. The third kappa shape index (κ3) is 2.26. The molecule has 1 aromatic heterocycles. The molecule has 0 fully saturated rings. The second-order valence-electron chi connectivity index (χ2n) is 3.44. The van der Waals surface area contributed by atoms with Crippen molar-refractivity contribution < 1.29 is 0 Å². The second kappa shape index (κ2) is 4.57. The van der Waals surface area contributed by atoms with Crippen molar-refractivity contribution >= 4 is 11.3 Å². The number of hydrogen-bond donors (Lipinski definition) is 2. The summed E-state index contributed by atoms with van der Waals surface area (Å²) in [5.41, 5.74) is 13.8. The van der Waals surface area contributed by atoms with Gasteiger partial charge in [0, 0.05) is 17.5 Å². The molecule has 2 nitrogen and oxygen atoms in total. The first kappa shape index (κ1) is 10.4. The summed E-state index contributed by atoms with van der Waals surface area (Å²) in [7, 11) is 0. The standard InChI is InChI=1S/C12H14N2S/c13-8-11(14)9-3-1-4-10(7-9)12-5-2-6-15-12/h1-7,11H,8,13-14H2/t11-/m0/s1. The molecule has 0 radical (unpaired) electrons. The van der Waals surface area contributed by atoms with Crippen molar-refractivity contribution in [3.05, 3.63) is 47.3 Å². The third-order valence-corrected chi connectivity index (χ3v) is 3.29. The van der Waals surface area contributed by atoms with Crippen LogP contribution in [0.2, 0.25) is 0 Å². The fourth-order valence-electron chi connectivity index (χ4n) is 1.50. The van der Waals surface area contributed by atoms with Gasteiger partial charge in [-0.25, -0.2) is 0 Å². The van der Waals surface area contributed by atoms with E-state index in [4.69, 9.17) is 11.5 Å². The minimum absolute atomic E-state index is 0.0649. The molecule has 1 aromatic carbocycles. The Morgan fingerprint density at radius 1 is 1.20 bits per heavy atom. The summed E-state index contributed by atoms with van der Waals surface area (Å²) in [6.45, 7) is 0.480. The van der Waals surface area contributed by atoms with Gasteiger partial charge in [-0.15, -0.1) is 11.3 Å². The highest BCUT2D eigenvalue weighted by Gasteiger charge is 2.05. The molecule has 15 heavy (non-hydrogen) atoms. The summed E-state index contributed by atoms with van der Waals surface area (Å²) < 4.78 is 0. The van der Waals surface area contributed by atoms with Crippen LogP contribution in [0, 0.1) is 0 Å². The van der Waals surface area contributed by atoms with Crippen molar-refractivity contribution in [1.29, 1.82) is 0 Å². The summed E-state index contributed by atoms with van der Waals surface area (Å²) in [6, 6.07) is 12.4. The normalized spacial score (nSPS) is 12.7. The minimum Gasteiger partial charge on any atom is -0.329 e. The fourth-order valence-corrected chi connectivity index (χ4v) is 2.23. The average molecular weight is 218 g/mol. The maximum atomic E-state index is 5.89. The molecule has 0 saturated carbocycles. The van der Waals surface area contributed by atoms with Crippen molar-refractivity contribution in [2.45, 2.75) is 6.04 Å². The van der Waals surface area contributed by atoms with Crippen molar-refractivity contribution in [1.82, 2.24) is 0 Å². The lowest BCUT2D eigenvalue weighted by molar-refractivity contribution is 0.737. The Hall–Kier alpha value is -1.16. The lowest BCUT2D eigenvalue weighted by Crippen LogP contribution is -2.20. The molecule has 1 atom stereocenters. The molecule has 0 saturated heterocycles. The van der Waals surface area contributed by atoms with E-state index in [0.717, 1.165) is 5.56 Å². The fraction of sp³-hybridized carbons (Fsp3) is 0.167. The Labute approximate surface area is 93.5 Å². The highest BCUT2D eigenvalue weighted by Crippen LogP contribution is 2.26. The van der Waals surface area contributed by atoms with Crippen molar-refractivity contribution in [2.75, 3.05) is 6.54 Å². The molecule has 78 valence electrons. The van der Waals surface area contributed by atoms with E-state index in [1.54, 1.807) is 11.3 Å². The quantitative estimate of drug-likeness (QED) is 0.831. The van der Waals surface area contributed by atoms with E-state index in [1.165, 1.54) is 10.4 Å². The van der Waals surface area contributed by atoms with Gasteiger partial charge in [-0.05, 0) is 28.6 Å². The van der Waals surface area contributed by atoms with Gasteiger partial charge in [0.15, 0.2) is 0 Å². The molecular weight excluding hydrogens is 204 g/mol. The largest absolute Gasteiger partial charge is 0.329 e. The molecule has 0 aliphatic rings. The first-order valence-corrected chi connectivity index (χ1v) is 5.78. The lowest BCUT2D eigenvalue weighted by Gasteiger charge is -2.09. The van der Waals surface area contributed by atoms with Gasteiger partial charge < -0.3 is 11.5 Å². The van der Waals surface area contributed by atoms with Gasteiger partial charge in [-0.1, -0.05) is 24.3 Å². The van der Waals surface area contributed by atoms with Gasteiger partial charge in [0.1, 0.15) is 0 Å². The lowest BCUT2D eigenvalue weighted by atomic mass is 10.0. The predicted octanol–water partition coefficient (Wildman–Crippen LogP) is 2.37. The van der Waals surface area contributed by atoms with Crippen molar-refractivity contribution in [3.63, 3.8) is 0 Å². The number of rotatable bonds is 3. The Kier molecular flexibility index (Phi) is 3.16. The van der Waals surface area contributed by atoms with Gasteiger partial charge in [0.05, 0.1) is 0 Å². The number of nitrogens with two attached hydrogens (primary N) is 2. The van der Waals surface area contributed by atoms with Crippen molar-refractivity contribution in [3.8, 4) is 10.4 Å². The van der Waals surface area contributed by atoms with Crippen LogP contribution >= 0.6 is 11.3 Å². The first-order chi connectivity index (χ1) is 7.31. The highest BCUT2D eigenvalue weighted by atomic mass is 32.1. The summed E-state index contributed by atoms with van der Waals surface area (Å²) in [5.74, 6) is 0. The van der Waals surface area contributed by atoms with Crippen LogP contribution in [0.4, 0.5) is 0 Å². The summed E-state index contributed by atoms with van der Waals surface area (Å²) in [4.78, 5) is 1.26. The smallest absolute Gasteiger partial charge is 0.0419 e. The third-order valence-electron chi connectivity index (χ3n) is 2.37. The van der Waals surface area contributed by atoms with Gasteiger partial charge in [-0.2, -0.15) is 0 Å². The molecule has 2 aromatic rings. The van der Waals surface area contributed by atoms with E-state index in [1.807, 2.05) is 12.1 Å². The van der Waals surface area contributed by atoms with Crippen LogP contribution in [0.1, 0.15) is 11.6 Å². The number of thiophene rings is 1. The van der Waals surface area contributed by atoms with Crippen LogP contribution in [-0.4, -0.2) is 6.54 Å². The van der Waals surface area contributed by atoms with Crippen LogP contribution in [0.15, 0.2) is 41.8 Å². The van der Waals surface area contributed by atoms with E-state index in [2.05, 4.69) is 29.6 Å². The van der Waals surface area contributed by atoms with E-state index in [-0.39, 0.29) is 6.04 Å². The van der Waals surface area contributed by atoms with Crippen molar-refractivity contribution in [2.24, 2.45) is 11.5 Å². The molecular formula is C12H14N2S. The van der Waals surface area contributed by atoms with Crippen LogP contribution in [0.5, 0.6) is 0 Å². The Morgan fingerprint density at radius 3 is 2.73 bits per heavy atom. The Balaban J connectivity index is 2.35. The predicted molar refractivity (Wildman–Crippen MR) is 65.7 cm³/mol. The van der Waals surface area contributed by atoms with Crippen LogP contribution in [0.3, 0.4) is 0 Å². The molecule has 3 heteroatoms. The molecule has 4 N–H and O–H groups in total. The number of benzene rings is 1. The van der Waals surface area contributed by atoms with Gasteiger partial charge in [0.25, 0.3) is 0 Å². The zero-order valence-corrected chi connectivity index (χ0v) is 9.21. The molecule has 0 bridgehead atoms. The molecule has 0 unspecified atom stereocenters. The molecule has 0 aliphatic carbocycles. The van der Waals surface area contributed by atoms with E-state index in [9.17, 15) is 0 Å². The van der Waals surface area contributed by atoms with E-state index < -0.39 is 0 Å². The second-order valence-corrected chi connectivity index (χ2v) is 4.39. The topological polar surface area (TPSA) is 52.0 Å². The molecule has 0 amide bonds. The molecule has 0 aliphatic heterocycles. The SMILES string of the molecule is NC[C@H](N)c1cccc(-c2cccs2)c1. The number of hydrogen-bond acceptors (Lipinski definition) is 3. The van der Waals surface area contributed by atoms with Gasteiger partial charge in [0.2, 0.25) is 0 Å². The van der Waals surface area contributed by atoms with Crippen LogP contribution in [0.25, 0.3) is 10.4 Å². The zero-order chi connectivity index (χ0) is 10.7. The van der Waals surface area contributed by atoms with E-state index >= 15 is 0 Å². The maximum absolute atomic E-state index is 5.89. The minimum atomic E-state index is -0.0649. The summed E-state index contributed by atoms with van der Waals surface area (Å²) >= 11 is 1.73.